The zero-order chi connectivity index (χ0) is 19.9. The Morgan fingerprint density at radius 3 is 2.71 bits per heavy atom. The summed E-state index contributed by atoms with van der Waals surface area (Å²) in [7, 11) is 0. The largest absolute Gasteiger partial charge is 0.376 e. The van der Waals surface area contributed by atoms with Crippen LogP contribution in [0.2, 0.25) is 0 Å². The highest BCUT2D eigenvalue weighted by atomic mass is 16.5. The molecule has 0 aliphatic heterocycles. The van der Waals surface area contributed by atoms with Crippen molar-refractivity contribution in [3.63, 3.8) is 0 Å². The van der Waals surface area contributed by atoms with Crippen LogP contribution >= 0.6 is 0 Å². The number of amides is 2. The fourth-order valence-electron chi connectivity index (χ4n) is 3.84. The van der Waals surface area contributed by atoms with Gasteiger partial charge in [-0.3, -0.25) is 9.59 Å². The molecule has 1 aromatic rings. The number of carbonyl (C=O) groups is 2. The molecule has 0 unspecified atom stereocenters. The summed E-state index contributed by atoms with van der Waals surface area (Å²) < 4.78 is 6.01. The van der Waals surface area contributed by atoms with Crippen molar-refractivity contribution in [2.75, 3.05) is 6.61 Å². The van der Waals surface area contributed by atoms with Crippen LogP contribution in [0.1, 0.15) is 67.8 Å². The zero-order valence-corrected chi connectivity index (χ0v) is 16.4. The average molecular weight is 383 g/mol. The maximum atomic E-state index is 12.7. The van der Waals surface area contributed by atoms with Crippen LogP contribution in [0.25, 0.3) is 0 Å². The predicted molar refractivity (Wildman–Crippen MR) is 106 cm³/mol. The highest BCUT2D eigenvalue weighted by Gasteiger charge is 2.36. The molecular formula is C22H29N3O3. The molecule has 1 aromatic carbocycles. The summed E-state index contributed by atoms with van der Waals surface area (Å²) in [6, 6.07) is 8.95. The summed E-state index contributed by atoms with van der Waals surface area (Å²) in [6.45, 7) is 2.66. The molecule has 6 heteroatoms. The van der Waals surface area contributed by atoms with E-state index in [2.05, 4.69) is 16.7 Å². The van der Waals surface area contributed by atoms with Gasteiger partial charge in [0.25, 0.3) is 5.91 Å². The van der Waals surface area contributed by atoms with Gasteiger partial charge in [0.2, 0.25) is 5.91 Å². The number of nitrogens with one attached hydrogen (secondary N) is 2. The molecule has 0 bridgehead atoms. The highest BCUT2D eigenvalue weighted by Crippen LogP contribution is 2.29. The number of carbonyl (C=O) groups excluding carboxylic acids is 2. The quantitative estimate of drug-likeness (QED) is 0.757. The second kappa shape index (κ2) is 9.70. The third-order valence-electron chi connectivity index (χ3n) is 5.72. The van der Waals surface area contributed by atoms with E-state index in [0.717, 1.165) is 25.7 Å². The minimum Gasteiger partial charge on any atom is -0.376 e. The summed E-state index contributed by atoms with van der Waals surface area (Å²) in [5.74, 6) is -0.136. The first-order valence-corrected chi connectivity index (χ1v) is 10.3. The Hall–Kier alpha value is -2.39. The van der Waals surface area contributed by atoms with Crippen LogP contribution in [0, 0.1) is 17.2 Å². The summed E-state index contributed by atoms with van der Waals surface area (Å²) in [4.78, 5) is 25.2. The van der Waals surface area contributed by atoms with Crippen LogP contribution in [0.3, 0.4) is 0 Å². The summed E-state index contributed by atoms with van der Waals surface area (Å²) in [6.07, 6.45) is 6.15. The molecule has 2 amide bonds. The van der Waals surface area contributed by atoms with Gasteiger partial charge in [-0.05, 0) is 63.1 Å². The lowest BCUT2D eigenvalue weighted by Crippen LogP contribution is -2.51. The van der Waals surface area contributed by atoms with E-state index in [9.17, 15) is 9.59 Å². The lowest BCUT2D eigenvalue weighted by Gasteiger charge is -2.37. The van der Waals surface area contributed by atoms with Crippen molar-refractivity contribution in [2.24, 2.45) is 5.92 Å². The van der Waals surface area contributed by atoms with Crippen LogP contribution in [-0.2, 0) is 9.53 Å². The van der Waals surface area contributed by atoms with E-state index in [1.54, 1.807) is 24.3 Å². The average Bonchev–Trinajstić information content (AvgIpc) is 2.69. The minimum atomic E-state index is -0.204. The maximum Gasteiger partial charge on any atom is 0.251 e. The molecule has 0 spiro atoms. The second-order valence-electron chi connectivity index (χ2n) is 7.83. The molecule has 3 rings (SSSR count). The van der Waals surface area contributed by atoms with Gasteiger partial charge in [0.15, 0.2) is 0 Å². The van der Waals surface area contributed by atoms with Crippen molar-refractivity contribution < 1.29 is 14.3 Å². The Balaban J connectivity index is 1.61. The number of nitrogens with zero attached hydrogens (tertiary/aromatic N) is 1. The van der Waals surface area contributed by atoms with Crippen molar-refractivity contribution in [2.45, 2.75) is 70.1 Å². The fraction of sp³-hybridized carbons (Fsp3) is 0.591. The SMILES string of the molecule is CCCO[C@@H]1C[C@@H](C(=O)NC2CCC2)CC[C@H]1NC(=O)c1cccc(C#N)c1. The van der Waals surface area contributed by atoms with Crippen LogP contribution < -0.4 is 10.6 Å². The van der Waals surface area contributed by atoms with E-state index in [4.69, 9.17) is 10.00 Å². The number of ether oxygens (including phenoxy) is 1. The first-order valence-electron chi connectivity index (χ1n) is 10.3. The Labute approximate surface area is 166 Å². The summed E-state index contributed by atoms with van der Waals surface area (Å²) >= 11 is 0. The Morgan fingerprint density at radius 1 is 1.21 bits per heavy atom. The van der Waals surface area contributed by atoms with Crippen LogP contribution in [-0.4, -0.2) is 36.6 Å². The molecule has 6 nitrogen and oxygen atoms in total. The topological polar surface area (TPSA) is 91.2 Å². The van der Waals surface area contributed by atoms with Gasteiger partial charge >= 0.3 is 0 Å². The molecule has 0 heterocycles. The van der Waals surface area contributed by atoms with E-state index in [-0.39, 0.29) is 29.9 Å². The number of hydrogen-bond donors (Lipinski definition) is 2. The van der Waals surface area contributed by atoms with Crippen LogP contribution in [0.5, 0.6) is 0 Å². The minimum absolute atomic E-state index is 0.0578. The van der Waals surface area contributed by atoms with Crippen molar-refractivity contribution in [3.8, 4) is 6.07 Å². The highest BCUT2D eigenvalue weighted by molar-refractivity contribution is 5.94. The monoisotopic (exact) mass is 383 g/mol. The fourth-order valence-corrected chi connectivity index (χ4v) is 3.84. The number of hydrogen-bond acceptors (Lipinski definition) is 4. The summed E-state index contributed by atoms with van der Waals surface area (Å²) in [5, 5.41) is 15.2. The molecule has 0 saturated heterocycles. The molecule has 2 aliphatic rings. The molecule has 0 radical (unpaired) electrons. The van der Waals surface area contributed by atoms with Gasteiger partial charge in [0, 0.05) is 24.1 Å². The first-order chi connectivity index (χ1) is 13.6. The Kier molecular flexibility index (Phi) is 7.05. The lowest BCUT2D eigenvalue weighted by molar-refractivity contribution is -0.129. The van der Waals surface area contributed by atoms with Gasteiger partial charge in [-0.15, -0.1) is 0 Å². The van der Waals surface area contributed by atoms with E-state index >= 15 is 0 Å². The molecule has 150 valence electrons. The van der Waals surface area contributed by atoms with Gasteiger partial charge in [0.1, 0.15) is 0 Å². The van der Waals surface area contributed by atoms with Crippen molar-refractivity contribution in [1.82, 2.24) is 10.6 Å². The van der Waals surface area contributed by atoms with Crippen molar-refractivity contribution in [1.29, 1.82) is 5.26 Å². The van der Waals surface area contributed by atoms with Crippen LogP contribution in [0.15, 0.2) is 24.3 Å². The second-order valence-corrected chi connectivity index (χ2v) is 7.83. The van der Waals surface area contributed by atoms with Gasteiger partial charge in [-0.25, -0.2) is 0 Å². The van der Waals surface area contributed by atoms with Gasteiger partial charge < -0.3 is 15.4 Å². The van der Waals surface area contributed by atoms with E-state index < -0.39 is 0 Å². The van der Waals surface area contributed by atoms with Gasteiger partial charge in [0.05, 0.1) is 23.8 Å². The molecule has 2 N–H and O–H groups in total. The van der Waals surface area contributed by atoms with Gasteiger partial charge in [-0.1, -0.05) is 13.0 Å². The molecule has 28 heavy (non-hydrogen) atoms. The molecule has 2 aliphatic carbocycles. The smallest absolute Gasteiger partial charge is 0.251 e. The molecule has 3 atom stereocenters. The lowest BCUT2D eigenvalue weighted by atomic mass is 9.82. The standard InChI is InChI=1S/C22H29N3O3/c1-2-11-28-20-13-17(21(26)24-18-7-4-8-18)9-10-19(20)25-22(27)16-6-3-5-15(12-16)14-23/h3,5-6,12,17-20H,2,4,7-11,13H2,1H3,(H,24,26)(H,25,27)/t17-,19+,20+/m0/s1. The molecule has 0 aromatic heterocycles. The number of nitriles is 1. The van der Waals surface area contributed by atoms with Crippen LogP contribution in [0.4, 0.5) is 0 Å². The Morgan fingerprint density at radius 2 is 2.04 bits per heavy atom. The third kappa shape index (κ3) is 5.11. The van der Waals surface area contributed by atoms with E-state index in [0.29, 0.717) is 36.6 Å². The van der Waals surface area contributed by atoms with E-state index in [1.807, 2.05) is 6.92 Å². The zero-order valence-electron chi connectivity index (χ0n) is 16.4. The van der Waals surface area contributed by atoms with Gasteiger partial charge in [-0.2, -0.15) is 5.26 Å². The Bertz CT molecular complexity index is 739. The van der Waals surface area contributed by atoms with Crippen molar-refractivity contribution in [3.05, 3.63) is 35.4 Å². The number of rotatable bonds is 7. The molecule has 2 saturated carbocycles. The maximum absolute atomic E-state index is 12.7. The summed E-state index contributed by atoms with van der Waals surface area (Å²) in [5.41, 5.74) is 0.931. The first kappa shape index (κ1) is 20.3. The third-order valence-corrected chi connectivity index (χ3v) is 5.72. The van der Waals surface area contributed by atoms with Crippen molar-refractivity contribution >= 4 is 11.8 Å². The molecule has 2 fully saturated rings. The number of benzene rings is 1. The van der Waals surface area contributed by atoms with E-state index in [1.165, 1.54) is 6.42 Å². The molecular weight excluding hydrogens is 354 g/mol. The predicted octanol–water partition coefficient (Wildman–Crippen LogP) is 2.92. The normalized spacial score (nSPS) is 24.6.